The van der Waals surface area contributed by atoms with Crippen LogP contribution in [0.5, 0.6) is 5.75 Å². The lowest BCUT2D eigenvalue weighted by Crippen LogP contribution is -2.45. The van der Waals surface area contributed by atoms with Gasteiger partial charge in [-0.25, -0.2) is 0 Å². The second kappa shape index (κ2) is 11.0. The summed E-state index contributed by atoms with van der Waals surface area (Å²) in [5, 5.41) is 3.34. The molecule has 0 radical (unpaired) electrons. The Kier molecular flexibility index (Phi) is 10.7. The number of nitrogens with zero attached hydrogens (tertiary/aromatic N) is 1. The first kappa shape index (κ1) is 21.4. The van der Waals surface area contributed by atoms with E-state index in [0.29, 0.717) is 0 Å². The molecule has 1 heterocycles. The Morgan fingerprint density at radius 3 is 2.50 bits per heavy atom. The van der Waals surface area contributed by atoms with E-state index in [1.807, 2.05) is 6.07 Å². The van der Waals surface area contributed by atoms with Gasteiger partial charge in [-0.05, 0) is 24.1 Å². The normalized spacial score (nSPS) is 16.5. The van der Waals surface area contributed by atoms with Crippen LogP contribution in [-0.2, 0) is 0 Å². The molecule has 1 saturated heterocycles. The van der Waals surface area contributed by atoms with Crippen molar-refractivity contribution in [1.82, 2.24) is 10.2 Å². The van der Waals surface area contributed by atoms with Crippen LogP contribution in [0.2, 0.25) is 0 Å². The first-order chi connectivity index (χ1) is 9.70. The molecule has 1 fully saturated rings. The number of benzene rings is 1. The highest BCUT2D eigenvalue weighted by Gasteiger charge is 2.21. The Morgan fingerprint density at radius 2 is 1.91 bits per heavy atom. The van der Waals surface area contributed by atoms with Gasteiger partial charge >= 0.3 is 6.61 Å². The van der Waals surface area contributed by atoms with Crippen molar-refractivity contribution in [2.75, 3.05) is 26.2 Å². The fourth-order valence-corrected chi connectivity index (χ4v) is 2.73. The summed E-state index contributed by atoms with van der Waals surface area (Å²) < 4.78 is 29.1. The van der Waals surface area contributed by atoms with Gasteiger partial charge in [-0.15, -0.1) is 24.8 Å². The van der Waals surface area contributed by atoms with Crippen LogP contribution in [0.15, 0.2) is 24.3 Å². The third-order valence-electron chi connectivity index (χ3n) is 3.62. The van der Waals surface area contributed by atoms with E-state index < -0.39 is 6.61 Å². The number of hydrogen-bond acceptors (Lipinski definition) is 3. The Hall–Kier alpha value is -0.620. The molecule has 0 spiro atoms. The lowest BCUT2D eigenvalue weighted by molar-refractivity contribution is -0.0499. The molecule has 1 aromatic rings. The van der Waals surface area contributed by atoms with E-state index in [9.17, 15) is 8.78 Å². The number of rotatable bonds is 6. The highest BCUT2D eigenvalue weighted by Crippen LogP contribution is 2.29. The quantitative estimate of drug-likeness (QED) is 0.836. The standard InChI is InChI=1S/C15H22F2N2O.2ClH/c1-2-4-14(19-9-7-18-8-10-19)12-5-3-6-13(11-12)20-15(16)17;;/h3,5-6,11,14-15,18H,2,4,7-10H2,1H3;2*1H/t14-;;/m1../s1. The van der Waals surface area contributed by atoms with Crippen LogP contribution < -0.4 is 10.1 Å². The van der Waals surface area contributed by atoms with Crippen LogP contribution >= 0.6 is 24.8 Å². The van der Waals surface area contributed by atoms with Crippen molar-refractivity contribution >= 4 is 24.8 Å². The molecule has 2 rings (SSSR count). The number of ether oxygens (including phenoxy) is 1. The summed E-state index contributed by atoms with van der Waals surface area (Å²) in [6.45, 7) is 3.32. The van der Waals surface area contributed by atoms with Crippen molar-refractivity contribution in [2.45, 2.75) is 32.4 Å². The third-order valence-corrected chi connectivity index (χ3v) is 3.62. The largest absolute Gasteiger partial charge is 0.435 e. The van der Waals surface area contributed by atoms with Gasteiger partial charge in [0.1, 0.15) is 5.75 Å². The van der Waals surface area contributed by atoms with Crippen LogP contribution in [-0.4, -0.2) is 37.7 Å². The van der Waals surface area contributed by atoms with Gasteiger partial charge in [0.25, 0.3) is 0 Å². The van der Waals surface area contributed by atoms with Crippen LogP contribution in [0.1, 0.15) is 31.4 Å². The average molecular weight is 357 g/mol. The molecule has 3 nitrogen and oxygen atoms in total. The molecule has 1 atom stereocenters. The van der Waals surface area contributed by atoms with E-state index >= 15 is 0 Å². The van der Waals surface area contributed by atoms with Gasteiger partial charge in [0, 0.05) is 32.2 Å². The topological polar surface area (TPSA) is 24.5 Å². The van der Waals surface area contributed by atoms with Gasteiger partial charge in [0.05, 0.1) is 0 Å². The van der Waals surface area contributed by atoms with Crippen LogP contribution in [0.25, 0.3) is 0 Å². The fourth-order valence-electron chi connectivity index (χ4n) is 2.73. The van der Waals surface area contributed by atoms with Crippen LogP contribution in [0.4, 0.5) is 8.78 Å². The van der Waals surface area contributed by atoms with E-state index in [2.05, 4.69) is 21.9 Å². The third kappa shape index (κ3) is 6.24. The monoisotopic (exact) mass is 356 g/mol. The van der Waals surface area contributed by atoms with Crippen LogP contribution in [0, 0.1) is 0 Å². The Balaban J connectivity index is 0.00000220. The van der Waals surface area contributed by atoms with E-state index in [0.717, 1.165) is 44.6 Å². The molecule has 1 aliphatic rings. The molecule has 0 unspecified atom stereocenters. The lowest BCUT2D eigenvalue weighted by Gasteiger charge is -2.35. The molecule has 1 N–H and O–H groups in total. The van der Waals surface area contributed by atoms with E-state index in [-0.39, 0.29) is 36.6 Å². The number of alkyl halides is 2. The highest BCUT2D eigenvalue weighted by molar-refractivity contribution is 5.85. The number of piperazine rings is 1. The summed E-state index contributed by atoms with van der Waals surface area (Å²) in [6.07, 6.45) is 2.09. The predicted octanol–water partition coefficient (Wildman–Crippen LogP) is 3.88. The molecular weight excluding hydrogens is 333 g/mol. The molecule has 1 aromatic carbocycles. The maximum Gasteiger partial charge on any atom is 0.387 e. The zero-order valence-corrected chi connectivity index (χ0v) is 14.3. The zero-order valence-electron chi connectivity index (χ0n) is 12.6. The minimum absolute atomic E-state index is 0. The molecule has 128 valence electrons. The Morgan fingerprint density at radius 1 is 1.23 bits per heavy atom. The summed E-state index contributed by atoms with van der Waals surface area (Å²) in [5.74, 6) is 0.244. The predicted molar refractivity (Wildman–Crippen MR) is 89.7 cm³/mol. The molecule has 0 aliphatic carbocycles. The average Bonchev–Trinajstić information content (AvgIpc) is 2.45. The van der Waals surface area contributed by atoms with Gasteiger partial charge in [-0.1, -0.05) is 25.5 Å². The summed E-state index contributed by atoms with van der Waals surface area (Å²) >= 11 is 0. The van der Waals surface area contributed by atoms with Gasteiger partial charge in [0.15, 0.2) is 0 Å². The molecule has 7 heteroatoms. The summed E-state index contributed by atoms with van der Waals surface area (Å²) in [4.78, 5) is 2.42. The summed E-state index contributed by atoms with van der Waals surface area (Å²) in [7, 11) is 0. The second-order valence-corrected chi connectivity index (χ2v) is 5.04. The second-order valence-electron chi connectivity index (χ2n) is 5.04. The summed E-state index contributed by atoms with van der Waals surface area (Å²) in [6, 6.07) is 7.40. The van der Waals surface area contributed by atoms with Crippen molar-refractivity contribution in [3.8, 4) is 5.75 Å². The Bertz CT molecular complexity index is 418. The first-order valence-corrected chi connectivity index (χ1v) is 7.20. The van der Waals surface area contributed by atoms with Crippen LogP contribution in [0.3, 0.4) is 0 Å². The lowest BCUT2D eigenvalue weighted by atomic mass is 9.99. The maximum absolute atomic E-state index is 12.3. The van der Waals surface area contributed by atoms with Gasteiger partial charge in [0.2, 0.25) is 0 Å². The van der Waals surface area contributed by atoms with Crippen molar-refractivity contribution < 1.29 is 13.5 Å². The Labute approximate surface area is 143 Å². The van der Waals surface area contributed by atoms with E-state index in [1.54, 1.807) is 18.2 Å². The number of hydrogen-bond donors (Lipinski definition) is 1. The molecule has 1 aliphatic heterocycles. The zero-order chi connectivity index (χ0) is 14.4. The summed E-state index contributed by atoms with van der Waals surface area (Å²) in [5.41, 5.74) is 1.06. The van der Waals surface area contributed by atoms with Crippen molar-refractivity contribution in [1.29, 1.82) is 0 Å². The number of nitrogens with one attached hydrogen (secondary N) is 1. The van der Waals surface area contributed by atoms with Gasteiger partial charge in [-0.3, -0.25) is 4.90 Å². The van der Waals surface area contributed by atoms with Crippen molar-refractivity contribution in [3.63, 3.8) is 0 Å². The molecule has 0 saturated carbocycles. The maximum atomic E-state index is 12.3. The molecule has 0 aromatic heterocycles. The highest BCUT2D eigenvalue weighted by atomic mass is 35.5. The molecular formula is C15H24Cl2F2N2O. The molecule has 22 heavy (non-hydrogen) atoms. The molecule has 0 bridgehead atoms. The minimum atomic E-state index is -2.77. The van der Waals surface area contributed by atoms with Gasteiger partial charge in [-0.2, -0.15) is 8.78 Å². The smallest absolute Gasteiger partial charge is 0.387 e. The van der Waals surface area contributed by atoms with Gasteiger partial charge < -0.3 is 10.1 Å². The van der Waals surface area contributed by atoms with E-state index in [1.165, 1.54) is 0 Å². The minimum Gasteiger partial charge on any atom is -0.435 e. The van der Waals surface area contributed by atoms with Crippen molar-refractivity contribution in [2.24, 2.45) is 0 Å². The first-order valence-electron chi connectivity index (χ1n) is 7.20. The fraction of sp³-hybridized carbons (Fsp3) is 0.600. The SMILES string of the molecule is CCC[C@H](c1cccc(OC(F)F)c1)N1CCNCC1.Cl.Cl. The van der Waals surface area contributed by atoms with E-state index in [4.69, 9.17) is 0 Å². The number of halogens is 4. The molecule has 0 amide bonds. The van der Waals surface area contributed by atoms with Crippen molar-refractivity contribution in [3.05, 3.63) is 29.8 Å².